The normalized spacial score (nSPS) is 13.1. The third-order valence-corrected chi connectivity index (χ3v) is 3.11. The monoisotopic (exact) mass is 274 g/mol. The van der Waals surface area contributed by atoms with Gasteiger partial charge in [-0.25, -0.2) is 0 Å². The molecule has 1 unspecified atom stereocenters. The highest BCUT2D eigenvalue weighted by molar-refractivity contribution is 9.10. The molecular formula is C10H15BrN2O2. The summed E-state index contributed by atoms with van der Waals surface area (Å²) in [5, 5.41) is 13.0. The summed E-state index contributed by atoms with van der Waals surface area (Å²) >= 11 is 3.44. The van der Waals surface area contributed by atoms with Crippen LogP contribution in [0.15, 0.2) is 10.8 Å². The number of carbonyl (C=O) groups is 1. The number of aliphatic carboxylic acids is 1. The minimum atomic E-state index is -0.779. The van der Waals surface area contributed by atoms with Gasteiger partial charge >= 0.3 is 5.97 Å². The fourth-order valence-electron chi connectivity index (χ4n) is 1.30. The van der Waals surface area contributed by atoms with Crippen LogP contribution in [0.4, 0.5) is 0 Å². The van der Waals surface area contributed by atoms with Gasteiger partial charge in [-0.3, -0.25) is 9.48 Å². The Hall–Kier alpha value is -0.840. The Bertz CT molecular complexity index is 360. The molecule has 0 saturated heterocycles. The fourth-order valence-corrected chi connectivity index (χ4v) is 2.06. The number of carboxylic acids is 1. The molecule has 1 rings (SSSR count). The van der Waals surface area contributed by atoms with Crippen LogP contribution in [0.1, 0.15) is 32.4 Å². The molecule has 1 N–H and O–H groups in total. The van der Waals surface area contributed by atoms with Crippen LogP contribution < -0.4 is 0 Å². The van der Waals surface area contributed by atoms with Crippen molar-refractivity contribution in [2.24, 2.45) is 5.92 Å². The van der Waals surface area contributed by atoms with Crippen molar-refractivity contribution in [2.75, 3.05) is 0 Å². The highest BCUT2D eigenvalue weighted by Crippen LogP contribution is 2.22. The maximum atomic E-state index is 10.7. The first-order chi connectivity index (χ1) is 6.93. The van der Waals surface area contributed by atoms with Gasteiger partial charge in [-0.2, -0.15) is 5.10 Å². The van der Waals surface area contributed by atoms with Crippen molar-refractivity contribution >= 4 is 21.9 Å². The Morgan fingerprint density at radius 1 is 1.60 bits per heavy atom. The molecule has 0 amide bonds. The summed E-state index contributed by atoms with van der Waals surface area (Å²) < 4.78 is 2.72. The molecule has 0 aliphatic rings. The number of halogens is 1. The molecule has 0 aromatic carbocycles. The van der Waals surface area contributed by atoms with Crippen LogP contribution in [0.25, 0.3) is 0 Å². The molecule has 1 atom stereocenters. The molecule has 0 aliphatic carbocycles. The van der Waals surface area contributed by atoms with Gasteiger partial charge in [0.25, 0.3) is 0 Å². The molecule has 0 spiro atoms. The fraction of sp³-hybridized carbons (Fsp3) is 0.600. The lowest BCUT2D eigenvalue weighted by atomic mass is 10.0. The van der Waals surface area contributed by atoms with Crippen molar-refractivity contribution in [1.82, 2.24) is 9.78 Å². The van der Waals surface area contributed by atoms with Gasteiger partial charge in [0, 0.05) is 11.6 Å². The average Bonchev–Trinajstić information content (AvgIpc) is 2.48. The molecule has 1 aromatic rings. The lowest BCUT2D eigenvalue weighted by Gasteiger charge is -2.08. The number of nitrogens with zero attached hydrogens (tertiary/aromatic N) is 2. The second-order valence-corrected chi connectivity index (χ2v) is 4.69. The first-order valence-electron chi connectivity index (χ1n) is 4.88. The SMILES string of the molecule is CC(Cc1cnn(C(C)C)c1Br)C(=O)O. The summed E-state index contributed by atoms with van der Waals surface area (Å²) in [5.74, 6) is -1.16. The molecule has 1 heterocycles. The molecule has 0 bridgehead atoms. The topological polar surface area (TPSA) is 55.1 Å². The van der Waals surface area contributed by atoms with E-state index in [4.69, 9.17) is 5.11 Å². The second kappa shape index (κ2) is 4.79. The maximum absolute atomic E-state index is 10.7. The van der Waals surface area contributed by atoms with E-state index in [1.807, 2.05) is 18.5 Å². The van der Waals surface area contributed by atoms with E-state index in [0.29, 0.717) is 6.42 Å². The summed E-state index contributed by atoms with van der Waals surface area (Å²) in [6.45, 7) is 5.76. The number of aromatic nitrogens is 2. The van der Waals surface area contributed by atoms with E-state index in [0.717, 1.165) is 10.2 Å². The Labute approximate surface area is 97.4 Å². The summed E-state index contributed by atoms with van der Waals surface area (Å²) in [4.78, 5) is 10.7. The van der Waals surface area contributed by atoms with Crippen LogP contribution in [-0.2, 0) is 11.2 Å². The van der Waals surface area contributed by atoms with Crippen molar-refractivity contribution in [1.29, 1.82) is 0 Å². The third kappa shape index (κ3) is 2.81. The van der Waals surface area contributed by atoms with E-state index in [9.17, 15) is 4.79 Å². The molecule has 0 aliphatic heterocycles. The van der Waals surface area contributed by atoms with Gasteiger partial charge in [-0.1, -0.05) is 6.92 Å². The highest BCUT2D eigenvalue weighted by atomic mass is 79.9. The molecule has 4 nitrogen and oxygen atoms in total. The molecule has 84 valence electrons. The number of hydrogen-bond acceptors (Lipinski definition) is 2. The van der Waals surface area contributed by atoms with Crippen LogP contribution in [0, 0.1) is 5.92 Å². The van der Waals surface area contributed by atoms with Crippen LogP contribution in [0.3, 0.4) is 0 Å². The van der Waals surface area contributed by atoms with E-state index in [2.05, 4.69) is 21.0 Å². The van der Waals surface area contributed by atoms with Gasteiger partial charge in [0.15, 0.2) is 0 Å². The van der Waals surface area contributed by atoms with E-state index in [1.165, 1.54) is 0 Å². The quantitative estimate of drug-likeness (QED) is 0.918. The Balaban J connectivity index is 2.83. The first-order valence-corrected chi connectivity index (χ1v) is 5.67. The standard InChI is InChI=1S/C10H15BrN2O2/c1-6(2)13-9(11)8(5-12-13)4-7(3)10(14)15/h5-7H,4H2,1-3H3,(H,14,15). The zero-order chi connectivity index (χ0) is 11.6. The van der Waals surface area contributed by atoms with Crippen molar-refractivity contribution < 1.29 is 9.90 Å². The van der Waals surface area contributed by atoms with E-state index in [1.54, 1.807) is 13.1 Å². The summed E-state index contributed by atoms with van der Waals surface area (Å²) in [5.41, 5.74) is 0.943. The van der Waals surface area contributed by atoms with Crippen LogP contribution >= 0.6 is 15.9 Å². The van der Waals surface area contributed by atoms with Crippen molar-refractivity contribution in [3.05, 3.63) is 16.4 Å². The summed E-state index contributed by atoms with van der Waals surface area (Å²) in [6.07, 6.45) is 2.23. The van der Waals surface area contributed by atoms with Crippen LogP contribution in [-0.4, -0.2) is 20.9 Å². The van der Waals surface area contributed by atoms with Gasteiger partial charge in [-0.15, -0.1) is 0 Å². The number of hydrogen-bond donors (Lipinski definition) is 1. The van der Waals surface area contributed by atoms with Crippen LogP contribution in [0.2, 0.25) is 0 Å². The lowest BCUT2D eigenvalue weighted by molar-refractivity contribution is -0.141. The van der Waals surface area contributed by atoms with E-state index < -0.39 is 5.97 Å². The Morgan fingerprint density at radius 3 is 2.60 bits per heavy atom. The summed E-state index contributed by atoms with van der Waals surface area (Å²) in [7, 11) is 0. The van der Waals surface area contributed by atoms with Gasteiger partial charge in [0.1, 0.15) is 4.60 Å². The Morgan fingerprint density at radius 2 is 2.20 bits per heavy atom. The predicted octanol–water partition coefficient (Wildman–Crippen LogP) is 2.49. The molecule has 1 aromatic heterocycles. The van der Waals surface area contributed by atoms with E-state index in [-0.39, 0.29) is 12.0 Å². The minimum absolute atomic E-state index is 0.272. The van der Waals surface area contributed by atoms with E-state index >= 15 is 0 Å². The maximum Gasteiger partial charge on any atom is 0.306 e. The molecule has 0 fully saturated rings. The Kier molecular flexibility index (Phi) is 3.90. The van der Waals surface area contributed by atoms with Gasteiger partial charge in [0.05, 0.1) is 12.1 Å². The molecule has 5 heteroatoms. The average molecular weight is 275 g/mol. The molecule has 15 heavy (non-hydrogen) atoms. The third-order valence-electron chi connectivity index (χ3n) is 2.24. The number of rotatable bonds is 4. The van der Waals surface area contributed by atoms with Gasteiger partial charge in [-0.05, 0) is 36.2 Å². The number of carboxylic acid groups (broad SMARTS) is 1. The molecule has 0 saturated carbocycles. The van der Waals surface area contributed by atoms with Gasteiger partial charge < -0.3 is 5.11 Å². The van der Waals surface area contributed by atoms with Crippen molar-refractivity contribution in [3.63, 3.8) is 0 Å². The van der Waals surface area contributed by atoms with Crippen molar-refractivity contribution in [3.8, 4) is 0 Å². The second-order valence-electron chi connectivity index (χ2n) is 3.94. The van der Waals surface area contributed by atoms with Gasteiger partial charge in [0.2, 0.25) is 0 Å². The molecule has 0 radical (unpaired) electrons. The smallest absolute Gasteiger partial charge is 0.306 e. The van der Waals surface area contributed by atoms with Crippen LogP contribution in [0.5, 0.6) is 0 Å². The zero-order valence-electron chi connectivity index (χ0n) is 9.07. The zero-order valence-corrected chi connectivity index (χ0v) is 10.7. The first kappa shape index (κ1) is 12.2. The minimum Gasteiger partial charge on any atom is -0.481 e. The molecular weight excluding hydrogens is 260 g/mol. The largest absolute Gasteiger partial charge is 0.481 e. The highest BCUT2D eigenvalue weighted by Gasteiger charge is 2.17. The summed E-state index contributed by atoms with van der Waals surface area (Å²) in [6, 6.07) is 0.272. The van der Waals surface area contributed by atoms with Crippen molar-refractivity contribution in [2.45, 2.75) is 33.2 Å². The lowest BCUT2D eigenvalue weighted by Crippen LogP contribution is -2.12. The predicted molar refractivity (Wildman–Crippen MR) is 60.8 cm³/mol.